The number of hydrogen-bond acceptors (Lipinski definition) is 7. The van der Waals surface area contributed by atoms with Gasteiger partial charge in [0, 0.05) is 4.88 Å². The number of thiazole rings is 1. The fraction of sp³-hybridized carbons (Fsp3) is 0.467. The van der Waals surface area contributed by atoms with Crippen LogP contribution in [-0.4, -0.2) is 29.1 Å². The molecule has 0 aromatic carbocycles. The SMILES string of the molecule is COC(=O)c1nc(NC(=O)c2c(C)noc2C)sc1CC(C)C. The van der Waals surface area contributed by atoms with Gasteiger partial charge in [-0.2, -0.15) is 0 Å². The number of carbonyl (C=O) groups excluding carboxylic acids is 2. The zero-order chi connectivity index (χ0) is 17.1. The molecule has 7 nitrogen and oxygen atoms in total. The Labute approximate surface area is 138 Å². The topological polar surface area (TPSA) is 94.3 Å². The lowest BCUT2D eigenvalue weighted by molar-refractivity contribution is 0.0593. The van der Waals surface area contributed by atoms with Crippen LogP contribution in [0.15, 0.2) is 4.52 Å². The summed E-state index contributed by atoms with van der Waals surface area (Å²) in [5, 5.41) is 6.81. The number of ether oxygens (including phenoxy) is 1. The van der Waals surface area contributed by atoms with Crippen molar-refractivity contribution in [1.82, 2.24) is 10.1 Å². The number of rotatable bonds is 5. The van der Waals surface area contributed by atoms with Gasteiger partial charge in [-0.3, -0.25) is 10.1 Å². The highest BCUT2D eigenvalue weighted by Crippen LogP contribution is 2.27. The number of nitrogens with one attached hydrogen (secondary N) is 1. The molecule has 8 heteroatoms. The van der Waals surface area contributed by atoms with Crippen LogP contribution in [0.2, 0.25) is 0 Å². The number of aryl methyl sites for hydroxylation is 2. The second-order valence-electron chi connectivity index (χ2n) is 5.53. The maximum Gasteiger partial charge on any atom is 0.357 e. The number of anilines is 1. The molecule has 1 N–H and O–H groups in total. The number of nitrogens with zero attached hydrogens (tertiary/aromatic N) is 2. The number of carbonyl (C=O) groups is 2. The lowest BCUT2D eigenvalue weighted by atomic mass is 10.1. The molecule has 0 fully saturated rings. The normalized spacial score (nSPS) is 10.9. The van der Waals surface area contributed by atoms with Crippen molar-refractivity contribution in [3.05, 3.63) is 27.6 Å². The summed E-state index contributed by atoms with van der Waals surface area (Å²) in [5.41, 5.74) is 1.14. The number of amides is 1. The van der Waals surface area contributed by atoms with E-state index in [-0.39, 0.29) is 11.6 Å². The molecule has 0 spiro atoms. The van der Waals surface area contributed by atoms with Crippen LogP contribution in [0, 0.1) is 19.8 Å². The second kappa shape index (κ2) is 6.91. The molecule has 2 aromatic heterocycles. The summed E-state index contributed by atoms with van der Waals surface area (Å²) < 4.78 is 9.74. The molecular weight excluding hydrogens is 318 g/mol. The van der Waals surface area contributed by atoms with Crippen molar-refractivity contribution in [3.8, 4) is 0 Å². The largest absolute Gasteiger partial charge is 0.464 e. The number of esters is 1. The molecule has 2 heterocycles. The van der Waals surface area contributed by atoms with Gasteiger partial charge in [0.15, 0.2) is 10.8 Å². The third-order valence-electron chi connectivity index (χ3n) is 3.15. The van der Waals surface area contributed by atoms with Crippen LogP contribution in [0.3, 0.4) is 0 Å². The smallest absolute Gasteiger partial charge is 0.357 e. The average molecular weight is 337 g/mol. The van der Waals surface area contributed by atoms with E-state index in [1.54, 1.807) is 13.8 Å². The Bertz CT molecular complexity index is 714. The first-order valence-corrected chi connectivity index (χ1v) is 7.97. The minimum absolute atomic E-state index is 0.250. The van der Waals surface area contributed by atoms with E-state index < -0.39 is 5.97 Å². The molecule has 1 amide bonds. The van der Waals surface area contributed by atoms with Gasteiger partial charge in [0.2, 0.25) is 0 Å². The van der Waals surface area contributed by atoms with Gasteiger partial charge in [0.1, 0.15) is 11.3 Å². The maximum atomic E-state index is 12.3. The Kier molecular flexibility index (Phi) is 5.15. The van der Waals surface area contributed by atoms with Crippen molar-refractivity contribution in [1.29, 1.82) is 0 Å². The van der Waals surface area contributed by atoms with Crippen LogP contribution < -0.4 is 5.32 Å². The van der Waals surface area contributed by atoms with E-state index in [1.807, 2.05) is 13.8 Å². The fourth-order valence-corrected chi connectivity index (χ4v) is 3.29. The molecule has 0 saturated carbocycles. The summed E-state index contributed by atoms with van der Waals surface area (Å²) in [6.07, 6.45) is 0.684. The van der Waals surface area contributed by atoms with Gasteiger partial charge in [-0.25, -0.2) is 9.78 Å². The molecular formula is C15H19N3O4S. The summed E-state index contributed by atoms with van der Waals surface area (Å²) in [6.45, 7) is 7.45. The predicted octanol–water partition coefficient (Wildman–Crippen LogP) is 2.99. The van der Waals surface area contributed by atoms with Gasteiger partial charge in [-0.15, -0.1) is 11.3 Å². The third kappa shape index (κ3) is 3.76. The van der Waals surface area contributed by atoms with Gasteiger partial charge < -0.3 is 9.26 Å². The van der Waals surface area contributed by atoms with E-state index in [2.05, 4.69) is 15.5 Å². The molecule has 2 rings (SSSR count). The summed E-state index contributed by atoms with van der Waals surface area (Å²) >= 11 is 1.27. The van der Waals surface area contributed by atoms with E-state index in [9.17, 15) is 9.59 Å². The Morgan fingerprint density at radius 1 is 1.35 bits per heavy atom. The minimum Gasteiger partial charge on any atom is -0.464 e. The first-order valence-electron chi connectivity index (χ1n) is 7.15. The zero-order valence-electron chi connectivity index (χ0n) is 13.7. The van der Waals surface area contributed by atoms with E-state index in [1.165, 1.54) is 18.4 Å². The van der Waals surface area contributed by atoms with Crippen molar-refractivity contribution >= 4 is 28.3 Å². The van der Waals surface area contributed by atoms with E-state index in [4.69, 9.17) is 9.26 Å². The highest BCUT2D eigenvalue weighted by Gasteiger charge is 2.23. The molecule has 0 atom stereocenters. The van der Waals surface area contributed by atoms with Gasteiger partial charge in [0.25, 0.3) is 5.91 Å². The predicted molar refractivity (Wildman–Crippen MR) is 85.9 cm³/mol. The van der Waals surface area contributed by atoms with Crippen molar-refractivity contribution < 1.29 is 18.8 Å². The Hall–Kier alpha value is -2.22. The van der Waals surface area contributed by atoms with Crippen molar-refractivity contribution in [2.45, 2.75) is 34.1 Å². The molecule has 0 radical (unpaired) electrons. The number of hydrogen-bond donors (Lipinski definition) is 1. The standard InChI is InChI=1S/C15H19N3O4S/c1-7(2)6-10-12(14(20)21-5)16-15(23-10)17-13(19)11-8(3)18-22-9(11)4/h7H,6H2,1-5H3,(H,16,17,19). The van der Waals surface area contributed by atoms with Crippen LogP contribution in [0.5, 0.6) is 0 Å². The minimum atomic E-state index is -0.505. The average Bonchev–Trinajstić information content (AvgIpc) is 3.01. The van der Waals surface area contributed by atoms with E-state index in [0.29, 0.717) is 34.5 Å². The Balaban J connectivity index is 2.28. The highest BCUT2D eigenvalue weighted by atomic mass is 32.1. The van der Waals surface area contributed by atoms with Gasteiger partial charge in [0.05, 0.1) is 12.8 Å². The quantitative estimate of drug-likeness (QED) is 0.843. The number of aromatic nitrogens is 2. The molecule has 23 heavy (non-hydrogen) atoms. The van der Waals surface area contributed by atoms with Crippen LogP contribution in [-0.2, 0) is 11.2 Å². The molecule has 0 aliphatic heterocycles. The second-order valence-corrected chi connectivity index (χ2v) is 6.62. The molecule has 2 aromatic rings. The molecule has 0 bridgehead atoms. The lowest BCUT2D eigenvalue weighted by Crippen LogP contribution is -2.13. The maximum absolute atomic E-state index is 12.3. The fourth-order valence-electron chi connectivity index (χ4n) is 2.14. The third-order valence-corrected chi connectivity index (χ3v) is 4.14. The molecule has 0 saturated heterocycles. The van der Waals surface area contributed by atoms with Crippen LogP contribution in [0.25, 0.3) is 0 Å². The van der Waals surface area contributed by atoms with Gasteiger partial charge in [-0.05, 0) is 26.2 Å². The highest BCUT2D eigenvalue weighted by molar-refractivity contribution is 7.16. The monoisotopic (exact) mass is 337 g/mol. The van der Waals surface area contributed by atoms with Crippen molar-refractivity contribution in [3.63, 3.8) is 0 Å². The van der Waals surface area contributed by atoms with Crippen LogP contribution in [0.4, 0.5) is 5.13 Å². The first kappa shape index (κ1) is 17.1. The van der Waals surface area contributed by atoms with Gasteiger partial charge >= 0.3 is 5.97 Å². The van der Waals surface area contributed by atoms with E-state index in [0.717, 1.165) is 4.88 Å². The van der Waals surface area contributed by atoms with Crippen LogP contribution >= 0.6 is 11.3 Å². The summed E-state index contributed by atoms with van der Waals surface area (Å²) in [7, 11) is 1.31. The summed E-state index contributed by atoms with van der Waals surface area (Å²) in [5.74, 6) is -0.0747. The molecule has 0 unspecified atom stereocenters. The van der Waals surface area contributed by atoms with Crippen LogP contribution in [0.1, 0.15) is 51.0 Å². The molecule has 0 aliphatic carbocycles. The summed E-state index contributed by atoms with van der Waals surface area (Å²) in [6, 6.07) is 0. The molecule has 124 valence electrons. The first-order chi connectivity index (χ1) is 10.8. The summed E-state index contributed by atoms with van der Waals surface area (Å²) in [4.78, 5) is 29.2. The van der Waals surface area contributed by atoms with E-state index >= 15 is 0 Å². The van der Waals surface area contributed by atoms with Crippen molar-refractivity contribution in [2.75, 3.05) is 12.4 Å². The van der Waals surface area contributed by atoms with Crippen molar-refractivity contribution in [2.24, 2.45) is 5.92 Å². The lowest BCUT2D eigenvalue weighted by Gasteiger charge is -2.02. The van der Waals surface area contributed by atoms with Gasteiger partial charge in [-0.1, -0.05) is 19.0 Å². The number of methoxy groups -OCH3 is 1. The zero-order valence-corrected chi connectivity index (χ0v) is 14.5. The molecule has 0 aliphatic rings. The Morgan fingerprint density at radius 3 is 2.57 bits per heavy atom. The Morgan fingerprint density at radius 2 is 2.04 bits per heavy atom.